The Kier molecular flexibility index (Phi) is 7.54. The van der Waals surface area contributed by atoms with Crippen LogP contribution in [0, 0.1) is 0 Å². The van der Waals surface area contributed by atoms with Crippen LogP contribution in [0.2, 0.25) is 0 Å². The summed E-state index contributed by atoms with van der Waals surface area (Å²) in [6.07, 6.45) is 0.529. The van der Waals surface area contributed by atoms with Crippen LogP contribution in [0.5, 0.6) is 0 Å². The smallest absolute Gasteiger partial charge is 0.257 e. The largest absolute Gasteiger partial charge is 0.366 e. The second kappa shape index (κ2) is 10.9. The van der Waals surface area contributed by atoms with E-state index in [1.807, 2.05) is 78.6 Å². The Labute approximate surface area is 205 Å². The van der Waals surface area contributed by atoms with Gasteiger partial charge >= 0.3 is 0 Å². The maximum Gasteiger partial charge on any atom is 0.257 e. The minimum absolute atomic E-state index is 0.187. The number of thiocarbonyl (C=S) groups is 1. The lowest BCUT2D eigenvalue weighted by Crippen LogP contribution is -2.48. The molecule has 0 spiro atoms. The van der Waals surface area contributed by atoms with E-state index < -0.39 is 0 Å². The quantitative estimate of drug-likeness (QED) is 0.534. The van der Waals surface area contributed by atoms with Crippen molar-refractivity contribution in [2.45, 2.75) is 13.3 Å². The molecule has 6 nitrogen and oxygen atoms in total. The van der Waals surface area contributed by atoms with Gasteiger partial charge in [-0.05, 0) is 47.6 Å². The fraction of sp³-hybridized carbons (Fsp3) is 0.222. The van der Waals surface area contributed by atoms with Gasteiger partial charge in [-0.3, -0.25) is 14.9 Å². The zero-order valence-electron chi connectivity index (χ0n) is 19.2. The third kappa shape index (κ3) is 5.61. The Balaban J connectivity index is 1.37. The van der Waals surface area contributed by atoms with Gasteiger partial charge in [-0.25, -0.2) is 0 Å². The minimum atomic E-state index is -0.263. The van der Waals surface area contributed by atoms with Gasteiger partial charge in [0.1, 0.15) is 0 Å². The Morgan fingerprint density at radius 1 is 0.824 bits per heavy atom. The number of nitrogens with zero attached hydrogens (tertiary/aromatic N) is 2. The number of piperazine rings is 1. The summed E-state index contributed by atoms with van der Waals surface area (Å²) in [5.74, 6) is -0.0759. The first-order valence-electron chi connectivity index (χ1n) is 11.4. The molecule has 0 aromatic heterocycles. The van der Waals surface area contributed by atoms with Crippen molar-refractivity contribution < 1.29 is 9.59 Å². The molecule has 174 valence electrons. The summed E-state index contributed by atoms with van der Waals surface area (Å²) >= 11 is 5.43. The van der Waals surface area contributed by atoms with E-state index in [-0.39, 0.29) is 16.9 Å². The number of para-hydroxylation sites is 2. The van der Waals surface area contributed by atoms with Crippen molar-refractivity contribution in [3.8, 4) is 11.1 Å². The lowest BCUT2D eigenvalue weighted by atomic mass is 10.0. The van der Waals surface area contributed by atoms with Crippen LogP contribution in [0.1, 0.15) is 23.7 Å². The maximum atomic E-state index is 12.7. The van der Waals surface area contributed by atoms with Crippen molar-refractivity contribution in [3.63, 3.8) is 0 Å². The van der Waals surface area contributed by atoms with Crippen molar-refractivity contribution in [2.24, 2.45) is 0 Å². The zero-order chi connectivity index (χ0) is 23.9. The number of amides is 2. The highest BCUT2D eigenvalue weighted by Crippen LogP contribution is 2.27. The monoisotopic (exact) mass is 472 g/mol. The standard InChI is InChI=1S/C27H28N4O2S/c1-2-25(32)31-18-16-30(17-19-31)24-11-7-6-10-23(24)28-27(34)29-26(33)22-14-12-21(13-15-22)20-8-4-3-5-9-20/h3-15H,2,16-19H2,1H3,(H2,28,29,33,34). The Morgan fingerprint density at radius 3 is 2.12 bits per heavy atom. The topological polar surface area (TPSA) is 64.7 Å². The molecule has 4 rings (SSSR count). The van der Waals surface area contributed by atoms with Gasteiger partial charge in [-0.15, -0.1) is 0 Å². The summed E-state index contributed by atoms with van der Waals surface area (Å²) in [5, 5.41) is 6.18. The number of nitrogens with one attached hydrogen (secondary N) is 2. The molecule has 1 aliphatic rings. The van der Waals surface area contributed by atoms with Gasteiger partial charge in [-0.2, -0.15) is 0 Å². The Bertz CT molecular complexity index is 1160. The number of rotatable bonds is 5. The summed E-state index contributed by atoms with van der Waals surface area (Å²) in [4.78, 5) is 28.8. The third-order valence-electron chi connectivity index (χ3n) is 5.91. The summed E-state index contributed by atoms with van der Waals surface area (Å²) in [6, 6.07) is 25.3. The molecule has 1 aliphatic heterocycles. The van der Waals surface area contributed by atoms with E-state index in [2.05, 4.69) is 15.5 Å². The molecule has 1 heterocycles. The number of carbonyl (C=O) groups is 2. The molecule has 2 N–H and O–H groups in total. The van der Waals surface area contributed by atoms with Crippen LogP contribution in [0.15, 0.2) is 78.9 Å². The second-order valence-electron chi connectivity index (χ2n) is 8.09. The Hall–Kier alpha value is -3.71. The van der Waals surface area contributed by atoms with E-state index in [4.69, 9.17) is 12.2 Å². The van der Waals surface area contributed by atoms with Gasteiger partial charge in [0.2, 0.25) is 5.91 Å². The van der Waals surface area contributed by atoms with Gasteiger partial charge in [0, 0.05) is 38.2 Å². The van der Waals surface area contributed by atoms with Crippen LogP contribution in [-0.2, 0) is 4.79 Å². The SMILES string of the molecule is CCC(=O)N1CCN(c2ccccc2NC(=S)NC(=O)c2ccc(-c3ccccc3)cc2)CC1. The van der Waals surface area contributed by atoms with Crippen molar-refractivity contribution >= 4 is 40.5 Å². The number of hydrogen-bond acceptors (Lipinski definition) is 4. The first kappa shape index (κ1) is 23.4. The van der Waals surface area contributed by atoms with Gasteiger partial charge < -0.3 is 15.1 Å². The van der Waals surface area contributed by atoms with Crippen LogP contribution in [0.4, 0.5) is 11.4 Å². The molecule has 0 atom stereocenters. The molecule has 34 heavy (non-hydrogen) atoms. The van der Waals surface area contributed by atoms with E-state index in [0.717, 1.165) is 35.6 Å². The molecule has 1 saturated heterocycles. The van der Waals surface area contributed by atoms with Gasteiger partial charge in [0.15, 0.2) is 5.11 Å². The van der Waals surface area contributed by atoms with E-state index in [0.29, 0.717) is 25.1 Å². The van der Waals surface area contributed by atoms with E-state index in [1.165, 1.54) is 0 Å². The van der Waals surface area contributed by atoms with Gasteiger partial charge in [-0.1, -0.05) is 61.5 Å². The molecule has 0 saturated carbocycles. The van der Waals surface area contributed by atoms with Crippen molar-refractivity contribution in [1.29, 1.82) is 0 Å². The normalized spacial score (nSPS) is 13.3. The number of benzene rings is 3. The molecule has 0 radical (unpaired) electrons. The molecule has 3 aromatic carbocycles. The van der Waals surface area contributed by atoms with Crippen LogP contribution < -0.4 is 15.5 Å². The maximum absolute atomic E-state index is 12.7. The van der Waals surface area contributed by atoms with Crippen molar-refractivity contribution in [1.82, 2.24) is 10.2 Å². The number of hydrogen-bond donors (Lipinski definition) is 2. The third-order valence-corrected chi connectivity index (χ3v) is 6.11. The van der Waals surface area contributed by atoms with Crippen molar-refractivity contribution in [3.05, 3.63) is 84.4 Å². The molecule has 2 amide bonds. The van der Waals surface area contributed by atoms with Crippen LogP contribution >= 0.6 is 12.2 Å². The predicted molar refractivity (Wildman–Crippen MR) is 141 cm³/mol. The molecular formula is C27H28N4O2S. The van der Waals surface area contributed by atoms with Gasteiger partial charge in [0.25, 0.3) is 5.91 Å². The van der Waals surface area contributed by atoms with Crippen LogP contribution in [0.25, 0.3) is 11.1 Å². The molecule has 7 heteroatoms. The molecule has 3 aromatic rings. The Morgan fingerprint density at radius 2 is 1.44 bits per heavy atom. The summed E-state index contributed by atoms with van der Waals surface area (Å²) in [5.41, 5.74) is 4.50. The van der Waals surface area contributed by atoms with E-state index in [9.17, 15) is 9.59 Å². The molecule has 0 bridgehead atoms. The van der Waals surface area contributed by atoms with Crippen molar-refractivity contribution in [2.75, 3.05) is 36.4 Å². The first-order chi connectivity index (χ1) is 16.5. The van der Waals surface area contributed by atoms with E-state index in [1.54, 1.807) is 12.1 Å². The van der Waals surface area contributed by atoms with Gasteiger partial charge in [0.05, 0.1) is 11.4 Å². The highest BCUT2D eigenvalue weighted by Gasteiger charge is 2.22. The van der Waals surface area contributed by atoms with Crippen LogP contribution in [0.3, 0.4) is 0 Å². The van der Waals surface area contributed by atoms with Crippen LogP contribution in [-0.4, -0.2) is 48.0 Å². The molecule has 1 fully saturated rings. The summed E-state index contributed by atoms with van der Waals surface area (Å²) in [6.45, 7) is 4.78. The molecule has 0 aliphatic carbocycles. The lowest BCUT2D eigenvalue weighted by Gasteiger charge is -2.37. The summed E-state index contributed by atoms with van der Waals surface area (Å²) in [7, 11) is 0. The average Bonchev–Trinajstić information content (AvgIpc) is 2.89. The van der Waals surface area contributed by atoms with E-state index >= 15 is 0 Å². The summed E-state index contributed by atoms with van der Waals surface area (Å²) < 4.78 is 0. The molecular weight excluding hydrogens is 444 g/mol. The number of anilines is 2. The fourth-order valence-electron chi connectivity index (χ4n) is 4.05. The number of carbonyl (C=O) groups excluding carboxylic acids is 2. The minimum Gasteiger partial charge on any atom is -0.366 e. The zero-order valence-corrected chi connectivity index (χ0v) is 20.0. The lowest BCUT2D eigenvalue weighted by molar-refractivity contribution is -0.131. The highest BCUT2D eigenvalue weighted by molar-refractivity contribution is 7.80. The second-order valence-corrected chi connectivity index (χ2v) is 8.50. The first-order valence-corrected chi connectivity index (χ1v) is 11.9. The molecule has 0 unspecified atom stereocenters. The average molecular weight is 473 g/mol. The highest BCUT2D eigenvalue weighted by atomic mass is 32.1. The predicted octanol–water partition coefficient (Wildman–Crippen LogP) is 4.54. The fourth-order valence-corrected chi connectivity index (χ4v) is 4.25.